The number of nitrogens with zero attached hydrogens (tertiary/aromatic N) is 3. The average molecular weight is 490 g/mol. The van der Waals surface area contributed by atoms with Gasteiger partial charge in [0.25, 0.3) is 5.91 Å². The Bertz CT molecular complexity index is 1230. The number of fused-ring (bicyclic) bond motifs is 1. The van der Waals surface area contributed by atoms with E-state index in [2.05, 4.69) is 4.98 Å². The molecule has 0 saturated heterocycles. The Labute approximate surface area is 197 Å². The molecule has 0 unspecified atom stereocenters. The Balaban J connectivity index is 1.76. The van der Waals surface area contributed by atoms with E-state index in [1.165, 1.54) is 32.7 Å². The number of amides is 1. The smallest absolute Gasteiger partial charge is 0.338 e. The predicted octanol–water partition coefficient (Wildman–Crippen LogP) is 3.85. The highest BCUT2D eigenvalue weighted by molar-refractivity contribution is 7.89. The number of carbonyl (C=O) groups excluding carboxylic acids is 2. The van der Waals surface area contributed by atoms with Gasteiger partial charge in [0.15, 0.2) is 11.7 Å². The molecule has 0 aliphatic heterocycles. The lowest BCUT2D eigenvalue weighted by molar-refractivity contribution is -0.121. The number of thiazole rings is 1. The summed E-state index contributed by atoms with van der Waals surface area (Å²) in [6.07, 6.45) is 0. The van der Waals surface area contributed by atoms with Gasteiger partial charge in [-0.1, -0.05) is 43.4 Å². The number of esters is 1. The first-order valence-electron chi connectivity index (χ1n) is 10.7. The van der Waals surface area contributed by atoms with Gasteiger partial charge in [0, 0.05) is 19.6 Å². The van der Waals surface area contributed by atoms with Crippen molar-refractivity contribution in [2.45, 2.75) is 32.6 Å². The molecule has 0 saturated carbocycles. The maximum absolute atomic E-state index is 12.8. The Morgan fingerprint density at radius 3 is 2.36 bits per heavy atom. The molecular weight excluding hydrogens is 462 g/mol. The zero-order valence-electron chi connectivity index (χ0n) is 19.1. The molecule has 0 aliphatic carbocycles. The summed E-state index contributed by atoms with van der Waals surface area (Å²) in [6, 6.07) is 11.9. The number of para-hydroxylation sites is 1. The third kappa shape index (κ3) is 5.23. The van der Waals surface area contributed by atoms with E-state index in [9.17, 15) is 18.0 Å². The van der Waals surface area contributed by atoms with Gasteiger partial charge in [-0.3, -0.25) is 9.69 Å². The lowest BCUT2D eigenvalue weighted by atomic mass is 10.1. The minimum atomic E-state index is -3.73. The number of hydrogen-bond acceptors (Lipinski definition) is 7. The first-order valence-corrected chi connectivity index (χ1v) is 12.9. The first-order chi connectivity index (χ1) is 15.7. The van der Waals surface area contributed by atoms with Gasteiger partial charge in [-0.15, -0.1) is 0 Å². The van der Waals surface area contributed by atoms with E-state index in [4.69, 9.17) is 4.74 Å². The van der Waals surface area contributed by atoms with Gasteiger partial charge in [0.2, 0.25) is 10.0 Å². The number of benzene rings is 2. The topological polar surface area (TPSA) is 96.9 Å². The summed E-state index contributed by atoms with van der Waals surface area (Å²) in [5, 5.41) is 0.531. The van der Waals surface area contributed by atoms with Crippen LogP contribution < -0.4 is 4.90 Å². The standard InChI is InChI=1S/C23H27N3O5S2/c1-5-25(6-2)33(29,30)17-13-12-16(4)18(14-17)22(28)31-15-21(27)26(7-3)23-24-19-10-8-9-11-20(19)32-23/h8-14H,5-7,15H2,1-4H3. The van der Waals surface area contributed by atoms with Crippen molar-refractivity contribution in [3.63, 3.8) is 0 Å². The van der Waals surface area contributed by atoms with Gasteiger partial charge in [-0.25, -0.2) is 18.2 Å². The van der Waals surface area contributed by atoms with Crippen molar-refractivity contribution in [3.8, 4) is 0 Å². The number of hydrogen-bond donors (Lipinski definition) is 0. The molecule has 1 aromatic heterocycles. The highest BCUT2D eigenvalue weighted by Gasteiger charge is 2.25. The second kappa shape index (κ2) is 10.4. The van der Waals surface area contributed by atoms with Crippen LogP contribution in [0.5, 0.6) is 0 Å². The minimum Gasteiger partial charge on any atom is -0.452 e. The molecule has 0 atom stereocenters. The number of rotatable bonds is 9. The summed E-state index contributed by atoms with van der Waals surface area (Å²) in [6.45, 7) is 7.53. The van der Waals surface area contributed by atoms with Crippen LogP contribution in [0, 0.1) is 6.92 Å². The van der Waals surface area contributed by atoms with Crippen LogP contribution in [0.25, 0.3) is 10.2 Å². The fraction of sp³-hybridized carbons (Fsp3) is 0.348. The molecule has 0 radical (unpaired) electrons. The van der Waals surface area contributed by atoms with Crippen LogP contribution in [-0.4, -0.2) is 55.8 Å². The number of likely N-dealkylation sites (N-methyl/N-ethyl adjacent to an activating group) is 1. The van der Waals surface area contributed by atoms with E-state index in [1.54, 1.807) is 26.8 Å². The molecule has 10 heteroatoms. The molecule has 3 rings (SSSR count). The molecule has 8 nitrogen and oxygen atoms in total. The third-order valence-corrected chi connectivity index (χ3v) is 8.33. The van der Waals surface area contributed by atoms with Gasteiger partial charge in [-0.05, 0) is 43.7 Å². The Morgan fingerprint density at radius 1 is 1.03 bits per heavy atom. The summed E-state index contributed by atoms with van der Waals surface area (Å²) in [5.41, 5.74) is 1.46. The molecule has 176 valence electrons. The molecular formula is C23H27N3O5S2. The number of sulfonamides is 1. The summed E-state index contributed by atoms with van der Waals surface area (Å²) in [4.78, 5) is 31.5. The molecule has 0 bridgehead atoms. The largest absolute Gasteiger partial charge is 0.452 e. The molecule has 0 N–H and O–H groups in total. The molecule has 3 aromatic rings. The summed E-state index contributed by atoms with van der Waals surface area (Å²) < 4.78 is 33.2. The SMILES string of the molecule is CCN(C(=O)COC(=O)c1cc(S(=O)(=O)N(CC)CC)ccc1C)c1nc2ccccc2s1. The zero-order valence-corrected chi connectivity index (χ0v) is 20.7. The number of aryl methyl sites for hydroxylation is 1. The van der Waals surface area contributed by atoms with Gasteiger partial charge in [0.1, 0.15) is 0 Å². The average Bonchev–Trinajstić information content (AvgIpc) is 3.22. The van der Waals surface area contributed by atoms with Crippen LogP contribution in [0.3, 0.4) is 0 Å². The number of anilines is 1. The van der Waals surface area contributed by atoms with Crippen LogP contribution in [0.15, 0.2) is 47.4 Å². The van der Waals surface area contributed by atoms with Crippen molar-refractivity contribution in [3.05, 3.63) is 53.6 Å². The molecule has 0 spiro atoms. The van der Waals surface area contributed by atoms with E-state index in [1.807, 2.05) is 31.2 Å². The van der Waals surface area contributed by atoms with Crippen LogP contribution in [0.1, 0.15) is 36.7 Å². The molecule has 2 aromatic carbocycles. The van der Waals surface area contributed by atoms with E-state index < -0.39 is 28.5 Å². The quantitative estimate of drug-likeness (QED) is 0.424. The monoisotopic (exact) mass is 489 g/mol. The summed E-state index contributed by atoms with van der Waals surface area (Å²) in [5.74, 6) is -1.16. The van der Waals surface area contributed by atoms with Crippen molar-refractivity contribution >= 4 is 48.6 Å². The van der Waals surface area contributed by atoms with Crippen molar-refractivity contribution < 1.29 is 22.7 Å². The summed E-state index contributed by atoms with van der Waals surface area (Å²) in [7, 11) is -3.73. The number of aromatic nitrogens is 1. The summed E-state index contributed by atoms with van der Waals surface area (Å²) >= 11 is 1.39. The van der Waals surface area contributed by atoms with E-state index in [0.29, 0.717) is 30.3 Å². The second-order valence-corrected chi connectivity index (χ2v) is 10.2. The normalized spacial score (nSPS) is 11.7. The number of carbonyl (C=O) groups is 2. The van der Waals surface area contributed by atoms with Gasteiger partial charge in [0.05, 0.1) is 20.7 Å². The maximum Gasteiger partial charge on any atom is 0.338 e. The number of ether oxygens (including phenoxy) is 1. The third-order valence-electron chi connectivity index (χ3n) is 5.23. The molecule has 1 amide bonds. The first kappa shape index (κ1) is 24.8. The predicted molar refractivity (Wildman–Crippen MR) is 129 cm³/mol. The lowest BCUT2D eigenvalue weighted by Gasteiger charge is -2.19. The molecule has 33 heavy (non-hydrogen) atoms. The molecule has 0 fully saturated rings. The van der Waals surface area contributed by atoms with Crippen molar-refractivity contribution in [1.29, 1.82) is 0 Å². The second-order valence-electron chi connectivity index (χ2n) is 7.24. The lowest BCUT2D eigenvalue weighted by Crippen LogP contribution is -2.34. The zero-order chi connectivity index (χ0) is 24.2. The van der Waals surface area contributed by atoms with E-state index >= 15 is 0 Å². The molecule has 1 heterocycles. The van der Waals surface area contributed by atoms with Crippen molar-refractivity contribution in [2.75, 3.05) is 31.1 Å². The van der Waals surface area contributed by atoms with Gasteiger partial charge < -0.3 is 4.74 Å². The van der Waals surface area contributed by atoms with E-state index in [0.717, 1.165) is 10.2 Å². The van der Waals surface area contributed by atoms with Gasteiger partial charge >= 0.3 is 5.97 Å². The Morgan fingerprint density at radius 2 is 1.73 bits per heavy atom. The highest BCUT2D eigenvalue weighted by Crippen LogP contribution is 2.28. The van der Waals surface area contributed by atoms with Crippen LogP contribution in [0.4, 0.5) is 5.13 Å². The minimum absolute atomic E-state index is 0.0136. The van der Waals surface area contributed by atoms with Crippen LogP contribution in [0.2, 0.25) is 0 Å². The van der Waals surface area contributed by atoms with E-state index in [-0.39, 0.29) is 10.5 Å². The van der Waals surface area contributed by atoms with Crippen molar-refractivity contribution in [2.24, 2.45) is 0 Å². The fourth-order valence-corrected chi connectivity index (χ4v) is 5.90. The van der Waals surface area contributed by atoms with Crippen LogP contribution >= 0.6 is 11.3 Å². The maximum atomic E-state index is 12.8. The molecule has 0 aliphatic rings. The Hall–Kier alpha value is -2.82. The van der Waals surface area contributed by atoms with Crippen LogP contribution in [-0.2, 0) is 19.6 Å². The van der Waals surface area contributed by atoms with Gasteiger partial charge in [-0.2, -0.15) is 4.31 Å². The highest BCUT2D eigenvalue weighted by atomic mass is 32.2. The fourth-order valence-electron chi connectivity index (χ4n) is 3.37. The Kier molecular flexibility index (Phi) is 7.83. The van der Waals surface area contributed by atoms with Crippen molar-refractivity contribution in [1.82, 2.24) is 9.29 Å².